The summed E-state index contributed by atoms with van der Waals surface area (Å²) >= 11 is 3.55. The molecule has 1 amide bonds. The van der Waals surface area contributed by atoms with E-state index in [1.54, 1.807) is 0 Å². The molecule has 5 nitrogen and oxygen atoms in total. The average Bonchev–Trinajstić information content (AvgIpc) is 2.86. The number of hydrogen-bond acceptors (Lipinski definition) is 4. The molecule has 0 radical (unpaired) electrons. The summed E-state index contributed by atoms with van der Waals surface area (Å²) in [7, 11) is 0. The highest BCUT2D eigenvalue weighted by atomic mass is 79.9. The standard InChI is InChI=1S/C28H29BrN4O/c1-3-17-33(18-16-26(34)30-20(2)21-10-5-4-6-11-21)28-24-14-7-8-15-25(24)31-27(32-28)22-12-9-13-23(29)19-22/h4-15,19-20H,3,16-18H2,1-2H3,(H,30,34)/t20-/m1/s1. The fourth-order valence-electron chi connectivity index (χ4n) is 4.03. The highest BCUT2D eigenvalue weighted by molar-refractivity contribution is 9.10. The molecule has 3 aromatic carbocycles. The fourth-order valence-corrected chi connectivity index (χ4v) is 4.43. The van der Waals surface area contributed by atoms with Crippen LogP contribution >= 0.6 is 15.9 Å². The van der Waals surface area contributed by atoms with E-state index in [-0.39, 0.29) is 11.9 Å². The van der Waals surface area contributed by atoms with Crippen LogP contribution in [0.4, 0.5) is 5.82 Å². The fraction of sp³-hybridized carbons (Fsp3) is 0.250. The number of fused-ring (bicyclic) bond motifs is 1. The SMILES string of the molecule is CCCN(CCC(=O)N[C@H](C)c1ccccc1)c1nc(-c2cccc(Br)c2)nc2ccccc12. The van der Waals surface area contributed by atoms with Gasteiger partial charge in [-0.3, -0.25) is 4.79 Å². The molecule has 1 aromatic heterocycles. The van der Waals surface area contributed by atoms with Crippen molar-refractivity contribution in [2.24, 2.45) is 0 Å². The maximum Gasteiger partial charge on any atom is 0.222 e. The number of halogens is 1. The molecule has 0 saturated heterocycles. The molecule has 0 unspecified atom stereocenters. The first-order valence-corrected chi connectivity index (χ1v) is 12.5. The molecule has 4 aromatic rings. The lowest BCUT2D eigenvalue weighted by Gasteiger charge is -2.25. The molecule has 6 heteroatoms. The number of benzene rings is 3. The summed E-state index contributed by atoms with van der Waals surface area (Å²) < 4.78 is 0.984. The Labute approximate surface area is 209 Å². The van der Waals surface area contributed by atoms with Gasteiger partial charge in [0.2, 0.25) is 5.91 Å². The Bertz CT molecular complexity index is 1260. The quantitative estimate of drug-likeness (QED) is 0.274. The van der Waals surface area contributed by atoms with Crippen molar-refractivity contribution in [1.82, 2.24) is 15.3 Å². The minimum atomic E-state index is -0.0312. The molecule has 4 rings (SSSR count). The number of nitrogens with one attached hydrogen (secondary N) is 1. The Balaban J connectivity index is 1.58. The zero-order valence-electron chi connectivity index (χ0n) is 19.5. The van der Waals surface area contributed by atoms with Gasteiger partial charge in [-0.2, -0.15) is 0 Å². The summed E-state index contributed by atoms with van der Waals surface area (Å²) in [6.07, 6.45) is 1.34. The third-order valence-electron chi connectivity index (χ3n) is 5.74. The summed E-state index contributed by atoms with van der Waals surface area (Å²) in [6, 6.07) is 26.1. The van der Waals surface area contributed by atoms with Crippen LogP contribution in [0.15, 0.2) is 83.3 Å². The van der Waals surface area contributed by atoms with Gasteiger partial charge in [0.1, 0.15) is 5.82 Å². The van der Waals surface area contributed by atoms with E-state index in [1.165, 1.54) is 0 Å². The number of nitrogens with zero attached hydrogens (tertiary/aromatic N) is 3. The number of para-hydroxylation sites is 1. The average molecular weight is 517 g/mol. The molecule has 0 fully saturated rings. The van der Waals surface area contributed by atoms with Gasteiger partial charge in [-0.05, 0) is 43.2 Å². The lowest BCUT2D eigenvalue weighted by Crippen LogP contribution is -2.33. The van der Waals surface area contributed by atoms with Crippen molar-refractivity contribution in [2.75, 3.05) is 18.0 Å². The van der Waals surface area contributed by atoms with Crippen LogP contribution in [0.5, 0.6) is 0 Å². The molecule has 1 heterocycles. The minimum absolute atomic E-state index is 0.0306. The predicted molar refractivity (Wildman–Crippen MR) is 143 cm³/mol. The van der Waals surface area contributed by atoms with Crippen molar-refractivity contribution >= 4 is 38.6 Å². The Morgan fingerprint density at radius 3 is 2.50 bits per heavy atom. The molecular formula is C28H29BrN4O. The molecule has 34 heavy (non-hydrogen) atoms. The molecule has 1 N–H and O–H groups in total. The van der Waals surface area contributed by atoms with Crippen LogP contribution in [-0.4, -0.2) is 29.0 Å². The van der Waals surface area contributed by atoms with E-state index in [0.717, 1.165) is 45.3 Å². The maximum absolute atomic E-state index is 12.8. The van der Waals surface area contributed by atoms with E-state index >= 15 is 0 Å². The van der Waals surface area contributed by atoms with Crippen LogP contribution in [0.2, 0.25) is 0 Å². The molecule has 0 aliphatic rings. The summed E-state index contributed by atoms with van der Waals surface area (Å²) in [5.74, 6) is 1.58. The zero-order chi connectivity index (χ0) is 23.9. The highest BCUT2D eigenvalue weighted by Gasteiger charge is 2.17. The number of carbonyl (C=O) groups excluding carboxylic acids is 1. The van der Waals surface area contributed by atoms with Crippen LogP contribution in [-0.2, 0) is 4.79 Å². The number of hydrogen-bond donors (Lipinski definition) is 1. The van der Waals surface area contributed by atoms with Crippen molar-refractivity contribution in [1.29, 1.82) is 0 Å². The lowest BCUT2D eigenvalue weighted by molar-refractivity contribution is -0.121. The van der Waals surface area contributed by atoms with Crippen LogP contribution in [0.3, 0.4) is 0 Å². The molecule has 1 atom stereocenters. The highest BCUT2D eigenvalue weighted by Crippen LogP contribution is 2.29. The zero-order valence-corrected chi connectivity index (χ0v) is 21.1. The van der Waals surface area contributed by atoms with E-state index in [0.29, 0.717) is 18.8 Å². The van der Waals surface area contributed by atoms with E-state index < -0.39 is 0 Å². The molecule has 0 saturated carbocycles. The second-order valence-corrected chi connectivity index (χ2v) is 9.25. The van der Waals surface area contributed by atoms with Crippen molar-refractivity contribution in [2.45, 2.75) is 32.7 Å². The van der Waals surface area contributed by atoms with Crippen molar-refractivity contribution in [3.63, 3.8) is 0 Å². The lowest BCUT2D eigenvalue weighted by atomic mass is 10.1. The van der Waals surface area contributed by atoms with E-state index in [9.17, 15) is 4.79 Å². The Morgan fingerprint density at radius 2 is 1.74 bits per heavy atom. The first-order chi connectivity index (χ1) is 16.5. The van der Waals surface area contributed by atoms with E-state index in [2.05, 4.69) is 39.1 Å². The monoisotopic (exact) mass is 516 g/mol. The van der Waals surface area contributed by atoms with Gasteiger partial charge in [-0.1, -0.05) is 77.5 Å². The molecule has 0 aliphatic heterocycles. The predicted octanol–water partition coefficient (Wildman–Crippen LogP) is 6.54. The van der Waals surface area contributed by atoms with Crippen molar-refractivity contribution < 1.29 is 4.79 Å². The van der Waals surface area contributed by atoms with Crippen molar-refractivity contribution in [3.8, 4) is 11.4 Å². The minimum Gasteiger partial charge on any atom is -0.355 e. The molecule has 0 bridgehead atoms. The van der Waals surface area contributed by atoms with Crippen LogP contribution in [0, 0.1) is 0 Å². The van der Waals surface area contributed by atoms with Gasteiger partial charge >= 0.3 is 0 Å². The first-order valence-electron chi connectivity index (χ1n) is 11.7. The second kappa shape index (κ2) is 11.3. The van der Waals surface area contributed by atoms with E-state index in [4.69, 9.17) is 9.97 Å². The Morgan fingerprint density at radius 1 is 0.971 bits per heavy atom. The number of aromatic nitrogens is 2. The molecule has 174 valence electrons. The number of amides is 1. The van der Waals surface area contributed by atoms with Crippen LogP contribution in [0.25, 0.3) is 22.3 Å². The molecule has 0 aliphatic carbocycles. The van der Waals surface area contributed by atoms with Gasteiger partial charge in [0.25, 0.3) is 0 Å². The first kappa shape index (κ1) is 23.9. The maximum atomic E-state index is 12.8. The van der Waals surface area contributed by atoms with E-state index in [1.807, 2.05) is 79.7 Å². The smallest absolute Gasteiger partial charge is 0.222 e. The summed E-state index contributed by atoms with van der Waals surface area (Å²) in [5.41, 5.74) is 2.94. The normalized spacial score (nSPS) is 11.9. The summed E-state index contributed by atoms with van der Waals surface area (Å²) in [4.78, 5) is 24.8. The van der Waals surface area contributed by atoms with Gasteiger partial charge in [0.15, 0.2) is 5.82 Å². The van der Waals surface area contributed by atoms with Crippen LogP contribution in [0.1, 0.15) is 38.3 Å². The third kappa shape index (κ3) is 5.81. The number of rotatable bonds is 9. The topological polar surface area (TPSA) is 58.1 Å². The number of anilines is 1. The van der Waals surface area contributed by atoms with Gasteiger partial charge in [0, 0.05) is 34.9 Å². The van der Waals surface area contributed by atoms with Crippen molar-refractivity contribution in [3.05, 3.63) is 88.9 Å². The molecular weight excluding hydrogens is 488 g/mol. The Hall–Kier alpha value is -3.25. The van der Waals surface area contributed by atoms with Gasteiger partial charge in [-0.25, -0.2) is 9.97 Å². The number of carbonyl (C=O) groups is 1. The largest absolute Gasteiger partial charge is 0.355 e. The summed E-state index contributed by atoms with van der Waals surface area (Å²) in [5, 5.41) is 4.12. The Kier molecular flexibility index (Phi) is 7.91. The molecule has 0 spiro atoms. The van der Waals surface area contributed by atoms with Gasteiger partial charge in [0.05, 0.1) is 11.6 Å². The summed E-state index contributed by atoms with van der Waals surface area (Å²) in [6.45, 7) is 5.54. The van der Waals surface area contributed by atoms with Gasteiger partial charge < -0.3 is 10.2 Å². The van der Waals surface area contributed by atoms with Crippen LogP contribution < -0.4 is 10.2 Å². The third-order valence-corrected chi connectivity index (χ3v) is 6.24. The van der Waals surface area contributed by atoms with Gasteiger partial charge in [-0.15, -0.1) is 0 Å². The second-order valence-electron chi connectivity index (χ2n) is 8.34.